The summed E-state index contributed by atoms with van der Waals surface area (Å²) in [4.78, 5) is 38.0. The molecule has 1 N–H and O–H groups in total. The fourth-order valence-corrected chi connectivity index (χ4v) is 2.69. The third kappa shape index (κ3) is 8.47. The largest absolute Gasteiger partial charge is 0.467 e. The van der Waals surface area contributed by atoms with E-state index in [2.05, 4.69) is 10.1 Å². The number of rotatable bonds is 7. The minimum Gasteiger partial charge on any atom is -0.467 e. The van der Waals surface area contributed by atoms with Gasteiger partial charge in [0.05, 0.1) is 12.7 Å². The number of likely N-dealkylation sites (N-methyl/N-ethyl adjacent to an activating group) is 1. The summed E-state index contributed by atoms with van der Waals surface area (Å²) in [7, 11) is 2.55. The van der Waals surface area contributed by atoms with E-state index in [4.69, 9.17) is 4.74 Å². The summed E-state index contributed by atoms with van der Waals surface area (Å²) < 4.78 is 48.7. The molecule has 0 aromatic heterocycles. The summed E-state index contributed by atoms with van der Waals surface area (Å²) in [6.45, 7) is 6.41. The van der Waals surface area contributed by atoms with Crippen molar-refractivity contribution in [1.82, 2.24) is 10.2 Å². The van der Waals surface area contributed by atoms with Crippen molar-refractivity contribution in [1.29, 1.82) is 0 Å². The van der Waals surface area contributed by atoms with E-state index in [1.165, 1.54) is 33.2 Å². The van der Waals surface area contributed by atoms with Gasteiger partial charge in [-0.3, -0.25) is 4.79 Å². The van der Waals surface area contributed by atoms with Crippen LogP contribution in [0.2, 0.25) is 0 Å². The van der Waals surface area contributed by atoms with Crippen LogP contribution in [0.3, 0.4) is 0 Å². The van der Waals surface area contributed by atoms with Crippen molar-refractivity contribution in [2.24, 2.45) is 0 Å². The average Bonchev–Trinajstić information content (AvgIpc) is 2.66. The van der Waals surface area contributed by atoms with Gasteiger partial charge in [-0.2, -0.15) is 13.2 Å². The molecule has 2 amide bonds. The van der Waals surface area contributed by atoms with Crippen molar-refractivity contribution in [2.45, 2.75) is 64.4 Å². The molecule has 0 fully saturated rings. The first-order valence-corrected chi connectivity index (χ1v) is 9.66. The first-order valence-electron chi connectivity index (χ1n) is 9.66. The molecule has 7 nitrogen and oxygen atoms in total. The van der Waals surface area contributed by atoms with Crippen LogP contribution in [0.4, 0.5) is 18.0 Å². The molecule has 0 radical (unpaired) electrons. The van der Waals surface area contributed by atoms with Gasteiger partial charge in [-0.1, -0.05) is 18.2 Å². The number of amides is 2. The van der Waals surface area contributed by atoms with Gasteiger partial charge >= 0.3 is 18.2 Å². The Hall–Kier alpha value is -2.78. The van der Waals surface area contributed by atoms with Crippen LogP contribution >= 0.6 is 0 Å². The molecule has 174 valence electrons. The molecule has 2 unspecified atom stereocenters. The molecule has 0 saturated carbocycles. The number of carbonyl (C=O) groups is 3. The quantitative estimate of drug-likeness (QED) is 0.648. The number of benzene rings is 1. The number of nitrogens with one attached hydrogen (secondary N) is 1. The SMILES string of the molecule is COC(=O)C(C)N(C)C(=O)C(CCc1cccc(C(F)(F)F)c1)NC(=O)OC(C)(C)C. The van der Waals surface area contributed by atoms with Crippen LogP contribution in [0.1, 0.15) is 45.2 Å². The van der Waals surface area contributed by atoms with Crippen LogP contribution in [0.5, 0.6) is 0 Å². The number of ether oxygens (including phenoxy) is 2. The third-order valence-electron chi connectivity index (χ3n) is 4.44. The number of aryl methyl sites for hydroxylation is 1. The fourth-order valence-electron chi connectivity index (χ4n) is 2.69. The van der Waals surface area contributed by atoms with Gasteiger partial charge in [0, 0.05) is 7.05 Å². The molecule has 0 aliphatic carbocycles. The maximum Gasteiger partial charge on any atom is 0.416 e. The molecule has 1 aromatic rings. The van der Waals surface area contributed by atoms with Crippen LogP contribution < -0.4 is 5.32 Å². The van der Waals surface area contributed by atoms with E-state index in [9.17, 15) is 27.6 Å². The standard InChI is InChI=1S/C21H29F3N2O5/c1-13(18(28)30-6)26(5)17(27)16(25-19(29)31-20(2,3)4)11-10-14-8-7-9-15(12-14)21(22,23)24/h7-9,12-13,16H,10-11H2,1-6H3,(H,25,29). The minimum atomic E-state index is -4.49. The zero-order chi connectivity index (χ0) is 24.0. The van der Waals surface area contributed by atoms with E-state index >= 15 is 0 Å². The number of methoxy groups -OCH3 is 1. The van der Waals surface area contributed by atoms with E-state index in [1.54, 1.807) is 20.8 Å². The number of hydrogen-bond acceptors (Lipinski definition) is 5. The van der Waals surface area contributed by atoms with Gasteiger partial charge in [0.2, 0.25) is 5.91 Å². The highest BCUT2D eigenvalue weighted by Gasteiger charge is 2.32. The van der Waals surface area contributed by atoms with Gasteiger partial charge in [-0.05, 0) is 52.2 Å². The highest BCUT2D eigenvalue weighted by Crippen LogP contribution is 2.29. The molecule has 0 aliphatic rings. The predicted octanol–water partition coefficient (Wildman–Crippen LogP) is 3.55. The van der Waals surface area contributed by atoms with Crippen molar-refractivity contribution < 1.29 is 37.0 Å². The molecule has 1 aromatic carbocycles. The Morgan fingerprint density at radius 1 is 1.16 bits per heavy atom. The van der Waals surface area contributed by atoms with E-state index in [0.717, 1.165) is 17.0 Å². The minimum absolute atomic E-state index is 0.00236. The Kier molecular flexibility index (Phi) is 8.89. The van der Waals surface area contributed by atoms with Crippen molar-refractivity contribution in [3.8, 4) is 0 Å². The number of nitrogens with zero attached hydrogens (tertiary/aromatic N) is 1. The maximum absolute atomic E-state index is 13.0. The Labute approximate surface area is 179 Å². The third-order valence-corrected chi connectivity index (χ3v) is 4.44. The lowest BCUT2D eigenvalue weighted by molar-refractivity contribution is -0.151. The number of alkyl halides is 3. The zero-order valence-electron chi connectivity index (χ0n) is 18.5. The molecule has 0 aliphatic heterocycles. The number of hydrogen-bond donors (Lipinski definition) is 1. The van der Waals surface area contributed by atoms with Gasteiger partial charge in [0.1, 0.15) is 17.7 Å². The summed E-state index contributed by atoms with van der Waals surface area (Å²) in [5, 5.41) is 2.45. The summed E-state index contributed by atoms with van der Waals surface area (Å²) in [6, 6.07) is 2.69. The summed E-state index contributed by atoms with van der Waals surface area (Å²) in [5.41, 5.74) is -1.27. The van der Waals surface area contributed by atoms with Crippen LogP contribution in [-0.2, 0) is 31.7 Å². The highest BCUT2D eigenvalue weighted by atomic mass is 19.4. The predicted molar refractivity (Wildman–Crippen MR) is 107 cm³/mol. The number of esters is 1. The molecule has 10 heteroatoms. The van der Waals surface area contributed by atoms with Gasteiger partial charge in [0.15, 0.2) is 0 Å². The first-order chi connectivity index (χ1) is 14.2. The monoisotopic (exact) mass is 446 g/mol. The normalized spacial score (nSPS) is 13.7. The van der Waals surface area contributed by atoms with Crippen molar-refractivity contribution >= 4 is 18.0 Å². The van der Waals surface area contributed by atoms with E-state index in [0.29, 0.717) is 5.56 Å². The molecule has 0 bridgehead atoms. The lowest BCUT2D eigenvalue weighted by Gasteiger charge is -2.29. The van der Waals surface area contributed by atoms with E-state index in [1.807, 2.05) is 0 Å². The summed E-state index contributed by atoms with van der Waals surface area (Å²) in [6.07, 6.45) is -5.27. The Bertz CT molecular complexity index is 790. The van der Waals surface area contributed by atoms with Crippen molar-refractivity contribution in [3.05, 3.63) is 35.4 Å². The van der Waals surface area contributed by atoms with Crippen molar-refractivity contribution in [3.63, 3.8) is 0 Å². The van der Waals surface area contributed by atoms with E-state index in [-0.39, 0.29) is 12.8 Å². The molecule has 0 heterocycles. The molecule has 0 spiro atoms. The van der Waals surface area contributed by atoms with E-state index < -0.39 is 47.4 Å². The smallest absolute Gasteiger partial charge is 0.416 e. The second-order valence-corrected chi connectivity index (χ2v) is 8.08. The number of alkyl carbamates (subject to hydrolysis) is 1. The molecular formula is C21H29F3N2O5. The maximum atomic E-state index is 13.0. The first kappa shape index (κ1) is 26.3. The van der Waals surface area contributed by atoms with Crippen LogP contribution in [0.25, 0.3) is 0 Å². The summed E-state index contributed by atoms with van der Waals surface area (Å²) >= 11 is 0. The van der Waals surface area contributed by atoms with Crippen LogP contribution in [-0.4, -0.2) is 54.7 Å². The zero-order valence-corrected chi connectivity index (χ0v) is 18.5. The Morgan fingerprint density at radius 2 is 1.77 bits per heavy atom. The van der Waals surface area contributed by atoms with Gasteiger partial charge in [-0.25, -0.2) is 9.59 Å². The molecule has 2 atom stereocenters. The topological polar surface area (TPSA) is 84.9 Å². The van der Waals surface area contributed by atoms with Gasteiger partial charge < -0.3 is 19.7 Å². The van der Waals surface area contributed by atoms with Gasteiger partial charge in [0.25, 0.3) is 0 Å². The molecule has 31 heavy (non-hydrogen) atoms. The Morgan fingerprint density at radius 3 is 2.29 bits per heavy atom. The lowest BCUT2D eigenvalue weighted by Crippen LogP contribution is -2.52. The lowest BCUT2D eigenvalue weighted by atomic mass is 10.0. The second kappa shape index (κ2) is 10.5. The average molecular weight is 446 g/mol. The van der Waals surface area contributed by atoms with Crippen LogP contribution in [0.15, 0.2) is 24.3 Å². The molecular weight excluding hydrogens is 417 g/mol. The number of carbonyl (C=O) groups excluding carboxylic acids is 3. The highest BCUT2D eigenvalue weighted by molar-refractivity contribution is 5.89. The van der Waals surface area contributed by atoms with Gasteiger partial charge in [-0.15, -0.1) is 0 Å². The number of halogens is 3. The molecule has 0 saturated heterocycles. The molecule has 1 rings (SSSR count). The summed E-state index contributed by atoms with van der Waals surface area (Å²) in [5.74, 6) is -1.25. The Balaban J connectivity index is 3.03. The van der Waals surface area contributed by atoms with Crippen molar-refractivity contribution in [2.75, 3.05) is 14.2 Å². The van der Waals surface area contributed by atoms with Crippen LogP contribution in [0, 0.1) is 0 Å². The fraction of sp³-hybridized carbons (Fsp3) is 0.571. The second-order valence-electron chi connectivity index (χ2n) is 8.08.